The van der Waals surface area contributed by atoms with Crippen molar-refractivity contribution in [3.8, 4) is 0 Å². The fraction of sp³-hybridized carbons (Fsp3) is 0.625. The minimum Gasteiger partial charge on any atom is -0.383 e. The molecule has 0 amide bonds. The summed E-state index contributed by atoms with van der Waals surface area (Å²) in [5.41, 5.74) is 0. The van der Waals surface area contributed by atoms with Crippen molar-refractivity contribution in [3.63, 3.8) is 0 Å². The van der Waals surface area contributed by atoms with E-state index in [1.165, 1.54) is 19.6 Å². The van der Waals surface area contributed by atoms with Gasteiger partial charge in [0, 0.05) is 26.9 Å². The van der Waals surface area contributed by atoms with E-state index in [1.54, 1.807) is 11.6 Å². The second-order valence-corrected chi connectivity index (χ2v) is 5.61. The molecule has 6 nitrogen and oxygen atoms in total. The average molecular weight is 268 g/mol. The van der Waals surface area contributed by atoms with E-state index in [-0.39, 0.29) is 18.2 Å². The Balaban J connectivity index is 2.59. The van der Waals surface area contributed by atoms with E-state index < -0.39 is 15.4 Å². The third-order valence-corrected chi connectivity index (χ3v) is 3.39. The molecule has 0 spiro atoms. The molecule has 1 N–H and O–H groups in total. The summed E-state index contributed by atoms with van der Waals surface area (Å²) in [6.45, 7) is 0.389. The van der Waals surface area contributed by atoms with Crippen LogP contribution in [0.4, 0.5) is 0 Å². The Morgan fingerprint density at radius 1 is 1.69 bits per heavy atom. The molecule has 0 aliphatic heterocycles. The molecule has 92 valence electrons. The number of imidazole rings is 1. The first-order valence-electron chi connectivity index (χ1n) is 4.56. The molecule has 1 aromatic heterocycles. The molecule has 0 saturated heterocycles. The van der Waals surface area contributed by atoms with Gasteiger partial charge in [-0.2, -0.15) is 0 Å². The Labute approximate surface area is 99.6 Å². The zero-order valence-corrected chi connectivity index (χ0v) is 10.6. The van der Waals surface area contributed by atoms with E-state index in [4.69, 9.17) is 16.3 Å². The van der Waals surface area contributed by atoms with E-state index in [1.807, 2.05) is 0 Å². The van der Waals surface area contributed by atoms with Crippen LogP contribution < -0.4 is 4.72 Å². The topological polar surface area (TPSA) is 73.2 Å². The van der Waals surface area contributed by atoms with E-state index in [0.717, 1.165) is 0 Å². The number of hydrogen-bond donors (Lipinski definition) is 1. The van der Waals surface area contributed by atoms with Gasteiger partial charge in [0.2, 0.25) is 0 Å². The first kappa shape index (κ1) is 13.4. The molecule has 0 saturated carbocycles. The highest BCUT2D eigenvalue weighted by atomic mass is 35.5. The predicted octanol–water partition coefficient (Wildman–Crippen LogP) is -0.0478. The van der Waals surface area contributed by atoms with Crippen LogP contribution >= 0.6 is 11.6 Å². The maximum atomic E-state index is 11.7. The number of sulfonamides is 1. The Kier molecular flexibility index (Phi) is 4.72. The molecule has 1 rings (SSSR count). The van der Waals surface area contributed by atoms with Crippen LogP contribution in [0.2, 0.25) is 0 Å². The van der Waals surface area contributed by atoms with E-state index >= 15 is 0 Å². The summed E-state index contributed by atoms with van der Waals surface area (Å²) in [7, 11) is -0.376. The van der Waals surface area contributed by atoms with Crippen molar-refractivity contribution >= 4 is 21.6 Å². The van der Waals surface area contributed by atoms with Gasteiger partial charge >= 0.3 is 0 Å². The van der Waals surface area contributed by atoms with Crippen molar-refractivity contribution in [1.82, 2.24) is 14.3 Å². The maximum Gasteiger partial charge on any atom is 0.259 e. The number of rotatable bonds is 6. The molecule has 1 aromatic rings. The summed E-state index contributed by atoms with van der Waals surface area (Å²) in [4.78, 5) is 3.75. The van der Waals surface area contributed by atoms with Gasteiger partial charge in [0.25, 0.3) is 10.0 Å². The number of nitrogens with zero attached hydrogens (tertiary/aromatic N) is 2. The first-order valence-corrected chi connectivity index (χ1v) is 6.48. The lowest BCUT2D eigenvalue weighted by Crippen LogP contribution is -2.31. The molecule has 0 aromatic carbocycles. The molecular formula is C8H14ClN3O3S. The molecule has 1 unspecified atom stereocenters. The lowest BCUT2D eigenvalue weighted by molar-refractivity contribution is 0.198. The molecule has 0 radical (unpaired) electrons. The highest BCUT2D eigenvalue weighted by molar-refractivity contribution is 7.89. The molecular weight excluding hydrogens is 254 g/mol. The normalized spacial score (nSPS) is 13.9. The van der Waals surface area contributed by atoms with Crippen LogP contribution in [0.1, 0.15) is 0 Å². The molecule has 0 aliphatic rings. The number of aromatic nitrogens is 2. The summed E-state index contributed by atoms with van der Waals surface area (Å²) in [5, 5.41) is -0.417. The smallest absolute Gasteiger partial charge is 0.259 e. The number of alkyl halides is 1. The Hall–Kier alpha value is -0.630. The molecule has 8 heteroatoms. The fourth-order valence-corrected chi connectivity index (χ4v) is 2.40. The number of halogens is 1. The van der Waals surface area contributed by atoms with E-state index in [9.17, 15) is 8.42 Å². The zero-order valence-electron chi connectivity index (χ0n) is 9.05. The van der Waals surface area contributed by atoms with Gasteiger partial charge in [-0.05, 0) is 0 Å². The third kappa shape index (κ3) is 3.75. The molecule has 16 heavy (non-hydrogen) atoms. The van der Waals surface area contributed by atoms with Crippen LogP contribution in [-0.4, -0.2) is 43.6 Å². The number of aryl methyl sites for hydroxylation is 1. The summed E-state index contributed by atoms with van der Waals surface area (Å²) in [6.07, 6.45) is 2.84. The van der Waals surface area contributed by atoms with Crippen molar-refractivity contribution < 1.29 is 13.2 Å². The molecule has 0 aliphatic carbocycles. The van der Waals surface area contributed by atoms with Gasteiger partial charge in [-0.3, -0.25) is 0 Å². The highest BCUT2D eigenvalue weighted by Gasteiger charge is 2.18. The molecule has 0 bridgehead atoms. The van der Waals surface area contributed by atoms with Crippen molar-refractivity contribution in [2.75, 3.05) is 20.3 Å². The van der Waals surface area contributed by atoms with E-state index in [2.05, 4.69) is 9.71 Å². The predicted molar refractivity (Wildman–Crippen MR) is 59.9 cm³/mol. The van der Waals surface area contributed by atoms with Gasteiger partial charge in [0.15, 0.2) is 5.03 Å². The number of hydrogen-bond acceptors (Lipinski definition) is 4. The van der Waals surface area contributed by atoms with Crippen LogP contribution in [0.25, 0.3) is 0 Å². The van der Waals surface area contributed by atoms with Crippen LogP contribution in [0.3, 0.4) is 0 Å². The number of ether oxygens (including phenoxy) is 1. The van der Waals surface area contributed by atoms with Gasteiger partial charge in [-0.25, -0.2) is 18.1 Å². The highest BCUT2D eigenvalue weighted by Crippen LogP contribution is 2.04. The molecule has 0 fully saturated rings. The Bertz CT molecular complexity index is 431. The van der Waals surface area contributed by atoms with Crippen LogP contribution in [-0.2, 0) is 21.8 Å². The number of nitrogens with one attached hydrogen (secondary N) is 1. The minimum atomic E-state index is -3.57. The van der Waals surface area contributed by atoms with Gasteiger partial charge in [0.1, 0.15) is 0 Å². The Morgan fingerprint density at radius 3 is 2.88 bits per heavy atom. The SMILES string of the molecule is COCC(Cl)CNS(=O)(=O)c1cn(C)cn1. The quantitative estimate of drug-likeness (QED) is 0.734. The van der Waals surface area contributed by atoms with Crippen molar-refractivity contribution in [2.45, 2.75) is 10.4 Å². The average Bonchev–Trinajstić information content (AvgIpc) is 2.63. The van der Waals surface area contributed by atoms with Gasteiger partial charge in [-0.1, -0.05) is 0 Å². The van der Waals surface area contributed by atoms with Gasteiger partial charge in [0.05, 0.1) is 18.3 Å². The number of methoxy groups -OCH3 is 1. The first-order chi connectivity index (χ1) is 7.45. The van der Waals surface area contributed by atoms with Crippen molar-refractivity contribution in [1.29, 1.82) is 0 Å². The Morgan fingerprint density at radius 2 is 2.38 bits per heavy atom. The lowest BCUT2D eigenvalue weighted by atomic mass is 10.5. The molecule has 1 atom stereocenters. The van der Waals surface area contributed by atoms with Gasteiger partial charge < -0.3 is 9.30 Å². The lowest BCUT2D eigenvalue weighted by Gasteiger charge is -2.08. The summed E-state index contributed by atoms with van der Waals surface area (Å²) < 4.78 is 32.0. The fourth-order valence-electron chi connectivity index (χ4n) is 1.04. The molecule has 1 heterocycles. The van der Waals surface area contributed by atoms with E-state index in [0.29, 0.717) is 0 Å². The van der Waals surface area contributed by atoms with Crippen molar-refractivity contribution in [2.24, 2.45) is 7.05 Å². The van der Waals surface area contributed by atoms with Gasteiger partial charge in [-0.15, -0.1) is 11.6 Å². The van der Waals surface area contributed by atoms with Crippen molar-refractivity contribution in [3.05, 3.63) is 12.5 Å². The summed E-state index contributed by atoms with van der Waals surface area (Å²) >= 11 is 5.80. The second-order valence-electron chi connectivity index (χ2n) is 3.28. The van der Waals surface area contributed by atoms with Crippen LogP contribution in [0, 0.1) is 0 Å². The minimum absolute atomic E-state index is 0.0173. The van der Waals surface area contributed by atoms with Crippen LogP contribution in [0.15, 0.2) is 17.6 Å². The largest absolute Gasteiger partial charge is 0.383 e. The monoisotopic (exact) mass is 267 g/mol. The maximum absolute atomic E-state index is 11.7. The second kappa shape index (κ2) is 5.62. The zero-order chi connectivity index (χ0) is 12.2. The summed E-state index contributed by atoms with van der Waals surface area (Å²) in [5.74, 6) is 0. The third-order valence-electron chi connectivity index (χ3n) is 1.80. The standard InChI is InChI=1S/C8H14ClN3O3S/c1-12-4-8(10-6-12)16(13,14)11-3-7(9)5-15-2/h4,6-7,11H,3,5H2,1-2H3. The summed E-state index contributed by atoms with van der Waals surface area (Å²) in [6, 6.07) is 0. The van der Waals surface area contributed by atoms with Crippen LogP contribution in [0.5, 0.6) is 0 Å².